The first-order valence-corrected chi connectivity index (χ1v) is 11.0. The Morgan fingerprint density at radius 2 is 1.44 bits per heavy atom. The summed E-state index contributed by atoms with van der Waals surface area (Å²) in [6.45, 7) is 4.09. The van der Waals surface area contributed by atoms with Crippen LogP contribution in [0.1, 0.15) is 46.0 Å². The van der Waals surface area contributed by atoms with Crippen molar-refractivity contribution in [2.45, 2.75) is 70.1 Å². The third-order valence-electron chi connectivity index (χ3n) is 4.95. The summed E-state index contributed by atoms with van der Waals surface area (Å²) in [5.74, 6) is -5.34. The van der Waals surface area contributed by atoms with Crippen molar-refractivity contribution in [1.82, 2.24) is 16.0 Å². The zero-order chi connectivity index (χ0) is 24.8. The van der Waals surface area contributed by atoms with Gasteiger partial charge in [-0.15, -0.1) is 0 Å². The van der Waals surface area contributed by atoms with E-state index in [9.17, 15) is 24.0 Å². The van der Waals surface area contributed by atoms with E-state index in [0.29, 0.717) is 25.8 Å². The van der Waals surface area contributed by atoms with Gasteiger partial charge in [-0.05, 0) is 31.7 Å². The van der Waals surface area contributed by atoms with E-state index in [0.717, 1.165) is 0 Å². The zero-order valence-electron chi connectivity index (χ0n) is 18.4. The summed E-state index contributed by atoms with van der Waals surface area (Å²) in [4.78, 5) is 59.6. The van der Waals surface area contributed by atoms with E-state index in [-0.39, 0.29) is 18.1 Å². The third kappa shape index (κ3) is 10.8. The standard InChI is InChI=1S/C19H35N5O7S/c1-3-10(2)15(21)18(29)22-11(6-4-5-7-20)16(27)24-13(9-32)17(28)23-12(19(30)31)8-14(25)26/h10-13,15,32H,3-9,20-21H2,1-2H3,(H,22,29)(H,23,28)(H,24,27)(H,25,26)(H,30,31). The van der Waals surface area contributed by atoms with Crippen molar-refractivity contribution in [3.63, 3.8) is 0 Å². The minimum atomic E-state index is -1.67. The lowest BCUT2D eigenvalue weighted by Gasteiger charge is -2.25. The highest BCUT2D eigenvalue weighted by molar-refractivity contribution is 7.80. The molecule has 9 N–H and O–H groups in total. The SMILES string of the molecule is CCC(C)C(N)C(=O)NC(CCCCN)C(=O)NC(CS)C(=O)NC(CC(=O)O)C(=O)O. The molecule has 184 valence electrons. The number of carboxylic acids is 2. The number of carboxylic acid groups (broad SMARTS) is 2. The number of nitrogens with two attached hydrogens (primary N) is 2. The van der Waals surface area contributed by atoms with Gasteiger partial charge in [-0.3, -0.25) is 19.2 Å². The number of thiol groups is 1. The van der Waals surface area contributed by atoms with Crippen LogP contribution in [0.2, 0.25) is 0 Å². The lowest BCUT2D eigenvalue weighted by atomic mass is 9.98. The average molecular weight is 478 g/mol. The molecule has 5 atom stereocenters. The number of carbonyl (C=O) groups excluding carboxylic acids is 3. The highest BCUT2D eigenvalue weighted by Gasteiger charge is 2.31. The molecule has 0 rings (SSSR count). The molecule has 0 saturated carbocycles. The van der Waals surface area contributed by atoms with Crippen LogP contribution in [0.5, 0.6) is 0 Å². The van der Waals surface area contributed by atoms with Gasteiger partial charge < -0.3 is 37.6 Å². The quantitative estimate of drug-likeness (QED) is 0.0950. The largest absolute Gasteiger partial charge is 0.481 e. The number of hydrogen-bond donors (Lipinski definition) is 8. The molecule has 0 aromatic rings. The van der Waals surface area contributed by atoms with Crippen LogP contribution < -0.4 is 27.4 Å². The number of amides is 3. The highest BCUT2D eigenvalue weighted by Crippen LogP contribution is 2.08. The Kier molecular flexibility index (Phi) is 14.3. The molecular formula is C19H35N5O7S. The number of rotatable bonds is 16. The molecule has 5 unspecified atom stereocenters. The molecule has 0 aliphatic carbocycles. The molecule has 0 radical (unpaired) electrons. The van der Waals surface area contributed by atoms with Crippen molar-refractivity contribution in [1.29, 1.82) is 0 Å². The molecule has 0 aliphatic rings. The first kappa shape index (κ1) is 29.6. The van der Waals surface area contributed by atoms with Gasteiger partial charge in [-0.2, -0.15) is 12.6 Å². The van der Waals surface area contributed by atoms with Gasteiger partial charge in [0.15, 0.2) is 0 Å². The van der Waals surface area contributed by atoms with Crippen LogP contribution in [0.4, 0.5) is 0 Å². The summed E-state index contributed by atoms with van der Waals surface area (Å²) in [5, 5.41) is 25.0. The van der Waals surface area contributed by atoms with E-state index < -0.39 is 60.2 Å². The third-order valence-corrected chi connectivity index (χ3v) is 5.31. The second kappa shape index (κ2) is 15.4. The van der Waals surface area contributed by atoms with Crippen molar-refractivity contribution >= 4 is 42.3 Å². The number of aliphatic carboxylic acids is 2. The maximum absolute atomic E-state index is 12.8. The van der Waals surface area contributed by atoms with Gasteiger partial charge in [0.2, 0.25) is 17.7 Å². The molecule has 0 aromatic carbocycles. The van der Waals surface area contributed by atoms with Crippen LogP contribution in [0.3, 0.4) is 0 Å². The van der Waals surface area contributed by atoms with Crippen LogP contribution in [-0.2, 0) is 24.0 Å². The lowest BCUT2D eigenvalue weighted by molar-refractivity contribution is -0.147. The number of nitrogens with one attached hydrogen (secondary N) is 3. The molecule has 12 nitrogen and oxygen atoms in total. The molecule has 0 heterocycles. The fraction of sp³-hybridized carbons (Fsp3) is 0.737. The van der Waals surface area contributed by atoms with Crippen LogP contribution in [0.15, 0.2) is 0 Å². The van der Waals surface area contributed by atoms with E-state index in [2.05, 4.69) is 28.6 Å². The predicted octanol–water partition coefficient (Wildman–Crippen LogP) is -1.57. The predicted molar refractivity (Wildman–Crippen MR) is 120 cm³/mol. The first-order valence-electron chi connectivity index (χ1n) is 10.4. The van der Waals surface area contributed by atoms with E-state index in [1.54, 1.807) is 0 Å². The number of unbranched alkanes of at least 4 members (excludes halogenated alkanes) is 1. The zero-order valence-corrected chi connectivity index (χ0v) is 19.3. The molecule has 0 fully saturated rings. The minimum absolute atomic E-state index is 0.110. The maximum Gasteiger partial charge on any atom is 0.326 e. The Hall–Kier alpha value is -2.38. The Balaban J connectivity index is 5.29. The molecule has 0 aromatic heterocycles. The van der Waals surface area contributed by atoms with Gasteiger partial charge in [-0.25, -0.2) is 4.79 Å². The molecule has 0 saturated heterocycles. The summed E-state index contributed by atoms with van der Waals surface area (Å²) in [5.41, 5.74) is 11.4. The van der Waals surface area contributed by atoms with Gasteiger partial charge in [0.1, 0.15) is 18.1 Å². The van der Waals surface area contributed by atoms with Crippen LogP contribution in [0, 0.1) is 5.92 Å². The Morgan fingerprint density at radius 3 is 1.91 bits per heavy atom. The second-order valence-electron chi connectivity index (χ2n) is 7.50. The van der Waals surface area contributed by atoms with Gasteiger partial charge in [0, 0.05) is 5.75 Å². The topological polar surface area (TPSA) is 214 Å². The fourth-order valence-corrected chi connectivity index (χ4v) is 2.91. The molecule has 0 bridgehead atoms. The summed E-state index contributed by atoms with van der Waals surface area (Å²) < 4.78 is 0. The average Bonchev–Trinajstić information content (AvgIpc) is 2.74. The van der Waals surface area contributed by atoms with E-state index in [4.69, 9.17) is 21.7 Å². The van der Waals surface area contributed by atoms with E-state index in [1.165, 1.54) is 0 Å². The molecule has 0 aliphatic heterocycles. The van der Waals surface area contributed by atoms with Crippen LogP contribution in [0.25, 0.3) is 0 Å². The Bertz CT molecular complexity index is 664. The van der Waals surface area contributed by atoms with Crippen LogP contribution in [-0.4, -0.2) is 76.3 Å². The summed E-state index contributed by atoms with van der Waals surface area (Å²) in [7, 11) is 0. The molecule has 13 heteroatoms. The number of hydrogen-bond acceptors (Lipinski definition) is 8. The monoisotopic (exact) mass is 477 g/mol. The van der Waals surface area contributed by atoms with Crippen molar-refractivity contribution in [2.75, 3.05) is 12.3 Å². The highest BCUT2D eigenvalue weighted by atomic mass is 32.1. The van der Waals surface area contributed by atoms with E-state index >= 15 is 0 Å². The molecule has 3 amide bonds. The fourth-order valence-electron chi connectivity index (χ4n) is 2.66. The molecule has 32 heavy (non-hydrogen) atoms. The van der Waals surface area contributed by atoms with Gasteiger partial charge in [0.25, 0.3) is 0 Å². The van der Waals surface area contributed by atoms with Crippen molar-refractivity contribution in [3.8, 4) is 0 Å². The summed E-state index contributed by atoms with van der Waals surface area (Å²) in [6.07, 6.45) is 1.23. The second-order valence-corrected chi connectivity index (χ2v) is 7.86. The van der Waals surface area contributed by atoms with Gasteiger partial charge in [-0.1, -0.05) is 20.3 Å². The van der Waals surface area contributed by atoms with E-state index in [1.807, 2.05) is 13.8 Å². The number of carbonyl (C=O) groups is 5. The first-order chi connectivity index (χ1) is 15.0. The smallest absolute Gasteiger partial charge is 0.326 e. The Morgan fingerprint density at radius 1 is 0.906 bits per heavy atom. The van der Waals surface area contributed by atoms with Crippen LogP contribution >= 0.6 is 12.6 Å². The van der Waals surface area contributed by atoms with Crippen molar-refractivity contribution in [3.05, 3.63) is 0 Å². The lowest BCUT2D eigenvalue weighted by Crippen LogP contribution is -2.58. The van der Waals surface area contributed by atoms with Gasteiger partial charge in [0.05, 0.1) is 12.5 Å². The van der Waals surface area contributed by atoms with Gasteiger partial charge >= 0.3 is 11.9 Å². The molecule has 0 spiro atoms. The maximum atomic E-state index is 12.8. The summed E-state index contributed by atoms with van der Waals surface area (Å²) in [6, 6.07) is -4.73. The molecular weight excluding hydrogens is 442 g/mol. The summed E-state index contributed by atoms with van der Waals surface area (Å²) >= 11 is 4.01. The Labute approximate surface area is 192 Å². The normalized spacial score (nSPS) is 15.5. The minimum Gasteiger partial charge on any atom is -0.481 e. The van der Waals surface area contributed by atoms with Crippen molar-refractivity contribution < 1.29 is 34.2 Å². The van der Waals surface area contributed by atoms with Crippen molar-refractivity contribution in [2.24, 2.45) is 17.4 Å².